The third-order valence-electron chi connectivity index (χ3n) is 6.71. The molecule has 2 atom stereocenters. The molecule has 6 rings (SSSR count). The first-order chi connectivity index (χ1) is 21.1. The van der Waals surface area contributed by atoms with Crippen LogP contribution in [0.4, 0.5) is 0 Å². The Morgan fingerprint density at radius 2 is 1.60 bits per heavy atom. The predicted octanol–water partition coefficient (Wildman–Crippen LogP) is 6.49. The summed E-state index contributed by atoms with van der Waals surface area (Å²) >= 11 is 2.98. The Kier molecular flexibility index (Phi) is 9.52. The summed E-state index contributed by atoms with van der Waals surface area (Å²) in [6.07, 6.45) is 3.29. The van der Waals surface area contributed by atoms with E-state index in [0.29, 0.717) is 11.5 Å². The number of carbonyl (C=O) groups is 3. The monoisotopic (exact) mass is 646 g/mol. The Balaban J connectivity index is 1.24. The molecule has 0 aromatic heterocycles. The molecule has 3 aromatic carbocycles. The van der Waals surface area contributed by atoms with Gasteiger partial charge in [0.05, 0.1) is 4.24 Å². The molecule has 0 radical (unpaired) electrons. The number of esters is 1. The van der Waals surface area contributed by atoms with Crippen molar-refractivity contribution >= 4 is 62.9 Å². The maximum Gasteiger partial charge on any atom is 0.356 e. The van der Waals surface area contributed by atoms with E-state index in [1.165, 1.54) is 28.4 Å². The van der Waals surface area contributed by atoms with Crippen LogP contribution in [0.15, 0.2) is 123 Å². The molecule has 11 heteroatoms. The highest BCUT2D eigenvalue weighted by Gasteiger charge is 2.55. The lowest BCUT2D eigenvalue weighted by Crippen LogP contribution is -2.70. The zero-order valence-electron chi connectivity index (χ0n) is 22.7. The second-order valence-electron chi connectivity index (χ2n) is 9.53. The number of fused-ring (bicyclic) bond motifs is 1. The number of benzene rings is 3. The molecule has 0 aliphatic carbocycles. The topological polar surface area (TPSA) is 84.9 Å². The van der Waals surface area contributed by atoms with E-state index in [1.54, 1.807) is 33.7 Å². The maximum atomic E-state index is 14.1. The number of ether oxygens (including phenoxy) is 2. The van der Waals surface area contributed by atoms with E-state index < -0.39 is 29.4 Å². The molecule has 43 heavy (non-hydrogen) atoms. The molecule has 1 fully saturated rings. The van der Waals surface area contributed by atoms with Gasteiger partial charge in [0.25, 0.3) is 11.8 Å². The predicted molar refractivity (Wildman–Crippen MR) is 175 cm³/mol. The molecule has 3 aromatic rings. The summed E-state index contributed by atoms with van der Waals surface area (Å²) in [6, 6.07) is 27.3. The molecule has 218 valence electrons. The van der Waals surface area contributed by atoms with Gasteiger partial charge in [-0.2, -0.15) is 0 Å². The lowest BCUT2D eigenvalue weighted by molar-refractivity contribution is -0.154. The van der Waals surface area contributed by atoms with Crippen molar-refractivity contribution in [2.45, 2.75) is 17.5 Å². The smallest absolute Gasteiger partial charge is 0.356 e. The molecule has 3 aliphatic rings. The van der Waals surface area contributed by atoms with E-state index in [1.807, 2.05) is 96.4 Å². The van der Waals surface area contributed by atoms with E-state index in [4.69, 9.17) is 9.47 Å². The highest BCUT2D eigenvalue weighted by atomic mass is 33.1. The number of nitrogens with zero attached hydrogens (tertiary/aromatic N) is 1. The standard InChI is InChI=1S/C32H26N2O5S4/c35-25(19-38-23-15-8-3-9-16-23)33-27-30(36)34-28(24(20-40-31(27)34)42-26-17-10-18-41-43-26)32(37)39-29(21-11-4-1-5-12-21)22-13-6-2-7-14-22/h1-18,27,29,31H,19-20H2,(H,33,35)/t27-,31+/m1/s1. The average Bonchev–Trinajstić information content (AvgIpc) is 3.06. The summed E-state index contributed by atoms with van der Waals surface area (Å²) < 4.78 is 12.8. The number of hydrogen-bond donors (Lipinski definition) is 1. The first-order valence-electron chi connectivity index (χ1n) is 13.4. The summed E-state index contributed by atoms with van der Waals surface area (Å²) in [5.41, 5.74) is 1.87. The van der Waals surface area contributed by atoms with Crippen molar-refractivity contribution in [3.05, 3.63) is 135 Å². The summed E-state index contributed by atoms with van der Waals surface area (Å²) in [5, 5.41) is 4.35. The van der Waals surface area contributed by atoms with Crippen LogP contribution in [0.1, 0.15) is 17.2 Å². The van der Waals surface area contributed by atoms with Crippen LogP contribution in [0, 0.1) is 0 Å². The summed E-state index contributed by atoms with van der Waals surface area (Å²) in [7, 11) is 3.19. The van der Waals surface area contributed by atoms with Crippen LogP contribution < -0.4 is 10.1 Å². The van der Waals surface area contributed by atoms with Crippen molar-refractivity contribution in [2.24, 2.45) is 0 Å². The minimum absolute atomic E-state index is 0.219. The number of para-hydroxylation sites is 1. The average molecular weight is 647 g/mol. The quantitative estimate of drug-likeness (QED) is 0.151. The van der Waals surface area contributed by atoms with E-state index >= 15 is 0 Å². The van der Waals surface area contributed by atoms with Crippen molar-refractivity contribution in [1.29, 1.82) is 0 Å². The largest absolute Gasteiger partial charge is 0.484 e. The van der Waals surface area contributed by atoms with E-state index in [0.717, 1.165) is 20.3 Å². The highest BCUT2D eigenvalue weighted by molar-refractivity contribution is 8.81. The van der Waals surface area contributed by atoms with Gasteiger partial charge in [0, 0.05) is 10.7 Å². The van der Waals surface area contributed by atoms with Gasteiger partial charge in [0.2, 0.25) is 0 Å². The van der Waals surface area contributed by atoms with E-state index in [-0.39, 0.29) is 18.2 Å². The summed E-state index contributed by atoms with van der Waals surface area (Å²) in [5.74, 6) is -0.289. The molecule has 3 heterocycles. The van der Waals surface area contributed by atoms with Gasteiger partial charge >= 0.3 is 5.97 Å². The van der Waals surface area contributed by atoms with Crippen molar-refractivity contribution in [2.75, 3.05) is 12.4 Å². The zero-order valence-corrected chi connectivity index (χ0v) is 25.9. The molecule has 7 nitrogen and oxygen atoms in total. The first kappa shape index (κ1) is 29.6. The van der Waals surface area contributed by atoms with Crippen molar-refractivity contribution in [1.82, 2.24) is 10.2 Å². The number of hydrogen-bond acceptors (Lipinski definition) is 9. The van der Waals surface area contributed by atoms with Gasteiger partial charge in [-0.15, -0.1) is 11.8 Å². The van der Waals surface area contributed by atoms with Crippen LogP contribution >= 0.6 is 45.1 Å². The van der Waals surface area contributed by atoms with Crippen LogP contribution in [0.25, 0.3) is 0 Å². The fourth-order valence-corrected chi connectivity index (χ4v) is 9.35. The minimum atomic E-state index is -0.771. The number of amides is 2. The van der Waals surface area contributed by atoms with Gasteiger partial charge in [-0.05, 0) is 45.5 Å². The Hall–Kier alpha value is -3.51. The Labute approximate surface area is 265 Å². The van der Waals surface area contributed by atoms with Gasteiger partial charge in [-0.3, -0.25) is 14.5 Å². The van der Waals surface area contributed by atoms with Gasteiger partial charge in [0.1, 0.15) is 22.9 Å². The molecule has 0 spiro atoms. The van der Waals surface area contributed by atoms with Gasteiger partial charge in [-0.1, -0.05) is 107 Å². The number of β-lactam (4-membered cyclic amide) rings is 1. The fraction of sp³-hybridized carbons (Fsp3) is 0.156. The van der Waals surface area contributed by atoms with Crippen LogP contribution in [0.5, 0.6) is 5.75 Å². The number of allylic oxidation sites excluding steroid dienone is 2. The van der Waals surface area contributed by atoms with Crippen LogP contribution in [0.3, 0.4) is 0 Å². The summed E-state index contributed by atoms with van der Waals surface area (Å²) in [4.78, 5) is 42.6. The van der Waals surface area contributed by atoms with Crippen LogP contribution in [0.2, 0.25) is 0 Å². The molecule has 3 aliphatic heterocycles. The lowest BCUT2D eigenvalue weighted by Gasteiger charge is -2.49. The van der Waals surface area contributed by atoms with Gasteiger partial charge < -0.3 is 14.8 Å². The molecule has 2 amide bonds. The third kappa shape index (κ3) is 6.85. The van der Waals surface area contributed by atoms with Crippen LogP contribution in [-0.2, 0) is 19.1 Å². The van der Waals surface area contributed by atoms with Crippen LogP contribution in [-0.4, -0.2) is 46.5 Å². The number of carbonyl (C=O) groups excluding carboxylic acids is 3. The Morgan fingerprint density at radius 3 is 2.23 bits per heavy atom. The first-order valence-corrected chi connectivity index (χ1v) is 17.5. The number of nitrogens with one attached hydrogen (secondary N) is 1. The molecule has 1 N–H and O–H groups in total. The molecule has 0 unspecified atom stereocenters. The SMILES string of the molecule is O=C(COc1ccccc1)N[C@@H]1C(=O)N2C(C(=O)OC(c3ccccc3)c3ccccc3)=C(SC3=CC=CSS3)CS[C@@H]12. The zero-order chi connectivity index (χ0) is 29.6. The van der Waals surface area contributed by atoms with E-state index in [9.17, 15) is 14.4 Å². The number of rotatable bonds is 10. The number of thioether (sulfide) groups is 2. The van der Waals surface area contributed by atoms with E-state index in [2.05, 4.69) is 5.32 Å². The van der Waals surface area contributed by atoms with Crippen molar-refractivity contribution in [3.8, 4) is 5.75 Å². The van der Waals surface area contributed by atoms with Crippen molar-refractivity contribution < 1.29 is 23.9 Å². The molecule has 0 saturated carbocycles. The molecule has 1 saturated heterocycles. The summed E-state index contributed by atoms with van der Waals surface area (Å²) in [6.45, 7) is -0.219. The second-order valence-corrected chi connectivity index (χ2v) is 14.2. The molecule has 0 bridgehead atoms. The molecular weight excluding hydrogens is 621 g/mol. The second kappa shape index (κ2) is 13.9. The highest BCUT2D eigenvalue weighted by Crippen LogP contribution is 2.50. The van der Waals surface area contributed by atoms with Gasteiger partial charge in [0.15, 0.2) is 12.7 Å². The fourth-order valence-electron chi connectivity index (χ4n) is 4.71. The van der Waals surface area contributed by atoms with Gasteiger partial charge in [-0.25, -0.2) is 4.79 Å². The normalized spacial score (nSPS) is 19.3. The van der Waals surface area contributed by atoms with Crippen molar-refractivity contribution in [3.63, 3.8) is 0 Å². The maximum absolute atomic E-state index is 14.1. The third-order valence-corrected chi connectivity index (χ3v) is 11.7. The minimum Gasteiger partial charge on any atom is -0.484 e. The Bertz CT molecular complexity index is 1540. The molecular formula is C32H26N2O5S4. The lowest BCUT2D eigenvalue weighted by atomic mass is 10.0. The Morgan fingerprint density at radius 1 is 0.953 bits per heavy atom.